The Kier molecular flexibility index (Phi) is 2.73. The fourth-order valence-electron chi connectivity index (χ4n) is 1.45. The summed E-state index contributed by atoms with van der Waals surface area (Å²) in [6.07, 6.45) is 1.92. The van der Waals surface area contributed by atoms with Gasteiger partial charge in [-0.1, -0.05) is 11.8 Å². The summed E-state index contributed by atoms with van der Waals surface area (Å²) in [6, 6.07) is 4.21. The molecule has 0 aliphatic heterocycles. The van der Waals surface area contributed by atoms with Gasteiger partial charge >= 0.3 is 0 Å². The van der Waals surface area contributed by atoms with Gasteiger partial charge in [0.05, 0.1) is 4.88 Å². The molecule has 3 aromatic heterocycles. The minimum absolute atomic E-state index is 0.274. The van der Waals surface area contributed by atoms with Gasteiger partial charge in [0.1, 0.15) is 0 Å². The molecule has 0 spiro atoms. The first-order valence-corrected chi connectivity index (χ1v) is 7.71. The Morgan fingerprint density at radius 2 is 2.12 bits per heavy atom. The van der Waals surface area contributed by atoms with Crippen molar-refractivity contribution < 1.29 is 0 Å². The van der Waals surface area contributed by atoms with Crippen LogP contribution in [0.2, 0.25) is 0 Å². The summed E-state index contributed by atoms with van der Waals surface area (Å²) < 4.78 is 2.52. The van der Waals surface area contributed by atoms with Crippen LogP contribution in [0.5, 0.6) is 0 Å². The monoisotopic (exact) mass is 280 g/mol. The summed E-state index contributed by atoms with van der Waals surface area (Å²) in [5.41, 5.74) is 5.67. The van der Waals surface area contributed by atoms with E-state index in [9.17, 15) is 0 Å². The predicted molar refractivity (Wildman–Crippen MR) is 74.7 cm³/mol. The second-order valence-electron chi connectivity index (χ2n) is 3.26. The van der Waals surface area contributed by atoms with Crippen LogP contribution in [-0.4, -0.2) is 21.2 Å². The third kappa shape index (κ3) is 2.01. The molecule has 0 bridgehead atoms. The van der Waals surface area contributed by atoms with Crippen LogP contribution in [0.4, 0.5) is 5.95 Å². The highest BCUT2D eigenvalue weighted by molar-refractivity contribution is 7.98. The summed E-state index contributed by atoms with van der Waals surface area (Å²) in [5.74, 6) is 0.936. The molecule has 0 amide bonds. The van der Waals surface area contributed by atoms with Gasteiger partial charge in [-0.05, 0) is 23.8 Å². The Hall–Kier alpha value is -1.18. The Morgan fingerprint density at radius 3 is 2.88 bits per heavy atom. The number of anilines is 1. The molecule has 0 fully saturated rings. The van der Waals surface area contributed by atoms with E-state index in [0.717, 1.165) is 4.88 Å². The molecule has 3 rings (SSSR count). The van der Waals surface area contributed by atoms with Crippen LogP contribution in [0, 0.1) is 0 Å². The number of nitrogen functional groups attached to an aromatic ring is 1. The minimum atomic E-state index is 0.274. The van der Waals surface area contributed by atoms with Gasteiger partial charge < -0.3 is 5.73 Å². The van der Waals surface area contributed by atoms with E-state index in [0.29, 0.717) is 11.0 Å². The average Bonchev–Trinajstić information content (AvgIpc) is 2.88. The molecule has 0 saturated carbocycles. The molecule has 17 heavy (non-hydrogen) atoms. The molecule has 3 heterocycles. The SMILES string of the molecule is CSc1nc(N)nc(-c2cc3sccc3s2)n1. The zero-order chi connectivity index (χ0) is 11.8. The van der Waals surface area contributed by atoms with Crippen molar-refractivity contribution in [2.75, 3.05) is 12.0 Å². The summed E-state index contributed by atoms with van der Waals surface area (Å²) >= 11 is 4.86. The van der Waals surface area contributed by atoms with Gasteiger partial charge in [-0.3, -0.25) is 0 Å². The van der Waals surface area contributed by atoms with Crippen LogP contribution in [-0.2, 0) is 0 Å². The summed E-state index contributed by atoms with van der Waals surface area (Å²) in [5, 5.41) is 2.74. The lowest BCUT2D eigenvalue weighted by molar-refractivity contribution is 0.930. The number of thioether (sulfide) groups is 1. The highest BCUT2D eigenvalue weighted by Crippen LogP contribution is 2.35. The molecule has 0 saturated heterocycles. The van der Waals surface area contributed by atoms with Crippen molar-refractivity contribution in [1.29, 1.82) is 0 Å². The number of nitrogens with two attached hydrogens (primary N) is 1. The topological polar surface area (TPSA) is 64.7 Å². The van der Waals surface area contributed by atoms with E-state index in [1.807, 2.05) is 6.26 Å². The Labute approximate surface area is 110 Å². The van der Waals surface area contributed by atoms with Crippen LogP contribution in [0.15, 0.2) is 22.7 Å². The molecule has 0 aromatic carbocycles. The fourth-order valence-corrected chi connectivity index (χ4v) is 3.85. The molecule has 0 unspecified atom stereocenters. The zero-order valence-electron chi connectivity index (χ0n) is 8.88. The molecular weight excluding hydrogens is 272 g/mol. The van der Waals surface area contributed by atoms with E-state index in [4.69, 9.17) is 5.73 Å². The molecule has 0 atom stereocenters. The first-order valence-electron chi connectivity index (χ1n) is 4.79. The van der Waals surface area contributed by atoms with Gasteiger partial charge in [0.25, 0.3) is 0 Å². The van der Waals surface area contributed by atoms with Crippen molar-refractivity contribution in [3.8, 4) is 10.7 Å². The van der Waals surface area contributed by atoms with Crippen LogP contribution < -0.4 is 5.73 Å². The van der Waals surface area contributed by atoms with Gasteiger partial charge in [0, 0.05) is 9.40 Å². The van der Waals surface area contributed by atoms with Gasteiger partial charge in [0.2, 0.25) is 5.95 Å². The van der Waals surface area contributed by atoms with Crippen molar-refractivity contribution in [2.45, 2.75) is 5.16 Å². The smallest absolute Gasteiger partial charge is 0.224 e. The molecule has 0 aliphatic rings. The van der Waals surface area contributed by atoms with Crippen molar-refractivity contribution in [2.24, 2.45) is 0 Å². The van der Waals surface area contributed by atoms with Crippen molar-refractivity contribution >= 4 is 49.8 Å². The van der Waals surface area contributed by atoms with Gasteiger partial charge in [-0.15, -0.1) is 22.7 Å². The zero-order valence-corrected chi connectivity index (χ0v) is 11.3. The predicted octanol–water partition coefficient (Wildman–Crippen LogP) is 3.12. The highest BCUT2D eigenvalue weighted by atomic mass is 32.2. The molecular formula is C10H8N4S3. The molecule has 7 heteroatoms. The van der Waals surface area contributed by atoms with Gasteiger partial charge in [-0.25, -0.2) is 4.98 Å². The molecule has 3 aromatic rings. The Balaban J connectivity index is 2.14. The number of thiophene rings is 2. The van der Waals surface area contributed by atoms with Gasteiger partial charge in [0.15, 0.2) is 11.0 Å². The maximum Gasteiger partial charge on any atom is 0.224 e. The number of aromatic nitrogens is 3. The average molecular weight is 280 g/mol. The van der Waals surface area contributed by atoms with E-state index < -0.39 is 0 Å². The number of nitrogens with zero attached hydrogens (tertiary/aromatic N) is 3. The van der Waals surface area contributed by atoms with E-state index in [1.165, 1.54) is 21.2 Å². The van der Waals surface area contributed by atoms with Crippen LogP contribution >= 0.6 is 34.4 Å². The third-order valence-electron chi connectivity index (χ3n) is 2.17. The number of hydrogen-bond acceptors (Lipinski definition) is 7. The normalized spacial score (nSPS) is 11.1. The quantitative estimate of drug-likeness (QED) is 0.731. The van der Waals surface area contributed by atoms with E-state index in [2.05, 4.69) is 32.5 Å². The number of rotatable bonds is 2. The standard InChI is InChI=1S/C10H8N4S3/c1-15-10-13-8(12-9(11)14-10)7-4-6-5(17-7)2-3-16-6/h2-4H,1H3,(H2,11,12,13,14). The molecule has 0 aliphatic carbocycles. The second-order valence-corrected chi connectivity index (χ2v) is 6.07. The van der Waals surface area contributed by atoms with Gasteiger partial charge in [-0.2, -0.15) is 9.97 Å². The molecule has 2 N–H and O–H groups in total. The summed E-state index contributed by atoms with van der Waals surface area (Å²) in [7, 11) is 0. The van der Waals surface area contributed by atoms with E-state index in [-0.39, 0.29) is 5.95 Å². The third-order valence-corrected chi connectivity index (χ3v) is 4.81. The lowest BCUT2D eigenvalue weighted by Gasteiger charge is -2.00. The Bertz CT molecular complexity index is 645. The summed E-state index contributed by atoms with van der Waals surface area (Å²) in [4.78, 5) is 13.6. The fraction of sp³-hybridized carbons (Fsp3) is 0.100. The maximum atomic E-state index is 5.67. The van der Waals surface area contributed by atoms with Crippen molar-refractivity contribution in [1.82, 2.24) is 15.0 Å². The lowest BCUT2D eigenvalue weighted by atomic mass is 10.4. The first kappa shape index (κ1) is 10.9. The molecule has 0 radical (unpaired) electrons. The minimum Gasteiger partial charge on any atom is -0.368 e. The number of hydrogen-bond donors (Lipinski definition) is 1. The molecule has 86 valence electrons. The van der Waals surface area contributed by atoms with Crippen LogP contribution in [0.25, 0.3) is 20.1 Å². The van der Waals surface area contributed by atoms with Crippen molar-refractivity contribution in [3.05, 3.63) is 17.5 Å². The van der Waals surface area contributed by atoms with E-state index in [1.54, 1.807) is 22.7 Å². The lowest BCUT2D eigenvalue weighted by Crippen LogP contribution is -2.00. The Morgan fingerprint density at radius 1 is 1.24 bits per heavy atom. The van der Waals surface area contributed by atoms with E-state index >= 15 is 0 Å². The largest absolute Gasteiger partial charge is 0.368 e. The summed E-state index contributed by atoms with van der Waals surface area (Å²) in [6.45, 7) is 0. The first-order chi connectivity index (χ1) is 8.26. The van der Waals surface area contributed by atoms with Crippen LogP contribution in [0.3, 0.4) is 0 Å². The maximum absolute atomic E-state index is 5.67. The molecule has 4 nitrogen and oxygen atoms in total. The second kappa shape index (κ2) is 4.25. The highest BCUT2D eigenvalue weighted by Gasteiger charge is 2.10. The van der Waals surface area contributed by atoms with Crippen LogP contribution in [0.1, 0.15) is 0 Å². The number of fused-ring (bicyclic) bond motifs is 1. The van der Waals surface area contributed by atoms with Crippen molar-refractivity contribution in [3.63, 3.8) is 0 Å².